The van der Waals surface area contributed by atoms with E-state index in [0.29, 0.717) is 6.42 Å². The van der Waals surface area contributed by atoms with E-state index in [4.69, 9.17) is 5.26 Å². The fraction of sp³-hybridized carbons (Fsp3) is 0.562. The standard InChI is InChI=1S/C16H22N2O/c1-16(19)9-5-12-18(13-10-16)15(8-11-17)14-6-3-2-4-7-14/h2-4,6-7,15,19H,5,8-10,12-13H2,1H3. The van der Waals surface area contributed by atoms with Gasteiger partial charge >= 0.3 is 0 Å². The maximum absolute atomic E-state index is 10.2. The van der Waals surface area contributed by atoms with Crippen molar-refractivity contribution >= 4 is 0 Å². The van der Waals surface area contributed by atoms with Gasteiger partial charge in [0.1, 0.15) is 0 Å². The van der Waals surface area contributed by atoms with E-state index >= 15 is 0 Å². The van der Waals surface area contributed by atoms with Crippen LogP contribution < -0.4 is 0 Å². The molecule has 1 fully saturated rings. The van der Waals surface area contributed by atoms with Crippen molar-refractivity contribution in [1.82, 2.24) is 4.90 Å². The fourth-order valence-corrected chi connectivity index (χ4v) is 2.82. The van der Waals surface area contributed by atoms with Crippen molar-refractivity contribution in [2.24, 2.45) is 0 Å². The smallest absolute Gasteiger partial charge is 0.0641 e. The summed E-state index contributed by atoms with van der Waals surface area (Å²) in [6, 6.07) is 12.7. The summed E-state index contributed by atoms with van der Waals surface area (Å²) in [5, 5.41) is 19.2. The van der Waals surface area contributed by atoms with Gasteiger partial charge in [0.25, 0.3) is 0 Å². The monoisotopic (exact) mass is 258 g/mol. The molecule has 1 aromatic rings. The van der Waals surface area contributed by atoms with Crippen LogP contribution in [0.25, 0.3) is 0 Å². The van der Waals surface area contributed by atoms with Crippen molar-refractivity contribution in [2.45, 2.75) is 44.2 Å². The highest BCUT2D eigenvalue weighted by molar-refractivity contribution is 5.20. The zero-order chi connectivity index (χ0) is 13.7. The largest absolute Gasteiger partial charge is 0.390 e. The molecule has 0 saturated carbocycles. The Balaban J connectivity index is 2.14. The van der Waals surface area contributed by atoms with E-state index in [9.17, 15) is 5.11 Å². The highest BCUT2D eigenvalue weighted by Gasteiger charge is 2.28. The van der Waals surface area contributed by atoms with E-state index in [2.05, 4.69) is 23.1 Å². The van der Waals surface area contributed by atoms with Gasteiger partial charge in [-0.1, -0.05) is 30.3 Å². The molecular formula is C16H22N2O. The lowest BCUT2D eigenvalue weighted by Crippen LogP contribution is -2.31. The van der Waals surface area contributed by atoms with Crippen molar-refractivity contribution in [2.75, 3.05) is 13.1 Å². The highest BCUT2D eigenvalue weighted by Crippen LogP contribution is 2.29. The summed E-state index contributed by atoms with van der Waals surface area (Å²) in [4.78, 5) is 2.35. The number of hydrogen-bond acceptors (Lipinski definition) is 3. The number of aliphatic hydroxyl groups is 1. The van der Waals surface area contributed by atoms with Crippen molar-refractivity contribution in [3.05, 3.63) is 35.9 Å². The van der Waals surface area contributed by atoms with Gasteiger partial charge < -0.3 is 5.11 Å². The molecule has 0 spiro atoms. The first-order valence-corrected chi connectivity index (χ1v) is 7.01. The van der Waals surface area contributed by atoms with Crippen LogP contribution in [0.1, 0.15) is 44.2 Å². The number of likely N-dealkylation sites (tertiary alicyclic amines) is 1. The summed E-state index contributed by atoms with van der Waals surface area (Å²) < 4.78 is 0. The number of nitriles is 1. The fourth-order valence-electron chi connectivity index (χ4n) is 2.82. The molecule has 102 valence electrons. The molecule has 3 nitrogen and oxygen atoms in total. The Labute approximate surface area is 115 Å². The third kappa shape index (κ3) is 3.79. The van der Waals surface area contributed by atoms with Crippen molar-refractivity contribution in [3.63, 3.8) is 0 Å². The van der Waals surface area contributed by atoms with Gasteiger partial charge in [-0.2, -0.15) is 5.26 Å². The lowest BCUT2D eigenvalue weighted by molar-refractivity contribution is 0.0430. The lowest BCUT2D eigenvalue weighted by atomic mass is 9.98. The number of rotatable bonds is 3. The number of hydrogen-bond donors (Lipinski definition) is 1. The maximum Gasteiger partial charge on any atom is 0.0641 e. The average Bonchev–Trinajstić information content (AvgIpc) is 2.58. The summed E-state index contributed by atoms with van der Waals surface area (Å²) in [7, 11) is 0. The molecule has 3 heteroatoms. The van der Waals surface area contributed by atoms with Crippen LogP contribution in [0.4, 0.5) is 0 Å². The van der Waals surface area contributed by atoms with Crippen LogP contribution in [0.5, 0.6) is 0 Å². The second-order valence-electron chi connectivity index (χ2n) is 5.68. The van der Waals surface area contributed by atoms with Crippen LogP contribution in [0, 0.1) is 11.3 Å². The van der Waals surface area contributed by atoms with Gasteiger partial charge in [0.05, 0.1) is 18.1 Å². The third-order valence-electron chi connectivity index (χ3n) is 4.01. The predicted molar refractivity (Wildman–Crippen MR) is 75.5 cm³/mol. The molecule has 2 atom stereocenters. The van der Waals surface area contributed by atoms with E-state index in [0.717, 1.165) is 32.4 Å². The Morgan fingerprint density at radius 1 is 1.32 bits per heavy atom. The van der Waals surface area contributed by atoms with Crippen LogP contribution in [0.3, 0.4) is 0 Å². The van der Waals surface area contributed by atoms with Crippen molar-refractivity contribution < 1.29 is 5.11 Å². The predicted octanol–water partition coefficient (Wildman–Crippen LogP) is 2.88. The third-order valence-corrected chi connectivity index (χ3v) is 4.01. The van der Waals surface area contributed by atoms with Gasteiger partial charge in [-0.05, 0) is 38.3 Å². The Bertz CT molecular complexity index is 436. The second-order valence-corrected chi connectivity index (χ2v) is 5.68. The SMILES string of the molecule is CC1(O)CCCN(C(CC#N)c2ccccc2)CC1. The molecule has 1 heterocycles. The highest BCUT2D eigenvalue weighted by atomic mass is 16.3. The van der Waals surface area contributed by atoms with Crippen LogP contribution >= 0.6 is 0 Å². The molecule has 0 amide bonds. The molecule has 0 bridgehead atoms. The van der Waals surface area contributed by atoms with E-state index in [1.807, 2.05) is 25.1 Å². The Morgan fingerprint density at radius 3 is 2.74 bits per heavy atom. The minimum atomic E-state index is -0.553. The van der Waals surface area contributed by atoms with E-state index in [1.165, 1.54) is 5.56 Å². The van der Waals surface area contributed by atoms with Gasteiger partial charge in [-0.15, -0.1) is 0 Å². The first-order chi connectivity index (χ1) is 9.12. The molecule has 1 saturated heterocycles. The maximum atomic E-state index is 10.2. The van der Waals surface area contributed by atoms with E-state index < -0.39 is 5.60 Å². The molecule has 1 aliphatic heterocycles. The summed E-state index contributed by atoms with van der Waals surface area (Å²) in [5.74, 6) is 0. The molecule has 1 aliphatic rings. The van der Waals surface area contributed by atoms with Gasteiger partial charge in [-0.25, -0.2) is 0 Å². The lowest BCUT2D eigenvalue weighted by Gasteiger charge is -2.30. The topological polar surface area (TPSA) is 47.3 Å². The second kappa shape index (κ2) is 6.18. The van der Waals surface area contributed by atoms with Gasteiger partial charge in [0.15, 0.2) is 0 Å². The van der Waals surface area contributed by atoms with Crippen molar-refractivity contribution in [3.8, 4) is 6.07 Å². The molecule has 1 aromatic carbocycles. The first-order valence-electron chi connectivity index (χ1n) is 7.01. The Morgan fingerprint density at radius 2 is 2.05 bits per heavy atom. The van der Waals surface area contributed by atoms with Crippen LogP contribution in [-0.2, 0) is 0 Å². The minimum Gasteiger partial charge on any atom is -0.390 e. The van der Waals surface area contributed by atoms with Crippen molar-refractivity contribution in [1.29, 1.82) is 5.26 Å². The zero-order valence-corrected chi connectivity index (χ0v) is 11.5. The minimum absolute atomic E-state index is 0.153. The van der Waals surface area contributed by atoms with Gasteiger partial charge in [-0.3, -0.25) is 4.90 Å². The molecule has 0 aromatic heterocycles. The average molecular weight is 258 g/mol. The molecular weight excluding hydrogens is 236 g/mol. The normalized spacial score (nSPS) is 26.4. The first kappa shape index (κ1) is 14.0. The van der Waals surface area contributed by atoms with E-state index in [1.54, 1.807) is 0 Å². The molecule has 2 rings (SSSR count). The number of nitrogens with zero attached hydrogens (tertiary/aromatic N) is 2. The summed E-state index contributed by atoms with van der Waals surface area (Å²) >= 11 is 0. The summed E-state index contributed by atoms with van der Waals surface area (Å²) in [5.41, 5.74) is 0.647. The van der Waals surface area contributed by atoms with Gasteiger partial charge in [0.2, 0.25) is 0 Å². The molecule has 2 unspecified atom stereocenters. The van der Waals surface area contributed by atoms with Crippen LogP contribution in [0.15, 0.2) is 30.3 Å². The molecule has 0 aliphatic carbocycles. The van der Waals surface area contributed by atoms with Crippen LogP contribution in [0.2, 0.25) is 0 Å². The zero-order valence-electron chi connectivity index (χ0n) is 11.5. The molecule has 0 radical (unpaired) electrons. The molecule has 19 heavy (non-hydrogen) atoms. The quantitative estimate of drug-likeness (QED) is 0.907. The van der Waals surface area contributed by atoms with E-state index in [-0.39, 0.29) is 6.04 Å². The molecule has 1 N–H and O–H groups in total. The summed E-state index contributed by atoms with van der Waals surface area (Å²) in [6.07, 6.45) is 3.12. The Hall–Kier alpha value is -1.37. The number of benzene rings is 1. The summed E-state index contributed by atoms with van der Waals surface area (Å²) in [6.45, 7) is 3.73. The van der Waals surface area contributed by atoms with Gasteiger partial charge in [0, 0.05) is 12.6 Å². The van der Waals surface area contributed by atoms with Crippen LogP contribution in [-0.4, -0.2) is 28.7 Å². The Kier molecular flexibility index (Phi) is 4.57.